The van der Waals surface area contributed by atoms with Crippen LogP contribution in [0.4, 0.5) is 5.13 Å². The van der Waals surface area contributed by atoms with E-state index in [1.54, 1.807) is 36.0 Å². The number of thioether (sulfide) groups is 1. The Balaban J connectivity index is 1.57. The molecule has 0 bridgehead atoms. The Kier molecular flexibility index (Phi) is 6.49. The molecule has 0 aliphatic heterocycles. The van der Waals surface area contributed by atoms with E-state index in [1.165, 1.54) is 11.3 Å². The van der Waals surface area contributed by atoms with E-state index in [9.17, 15) is 4.79 Å². The summed E-state index contributed by atoms with van der Waals surface area (Å²) < 4.78 is 6.56. The molecule has 0 unspecified atom stereocenters. The number of carbonyl (C=O) groups is 1. The molecule has 1 aromatic heterocycles. The lowest BCUT2D eigenvalue weighted by molar-refractivity contribution is 0.102. The van der Waals surface area contributed by atoms with Gasteiger partial charge in [0, 0.05) is 16.1 Å². The van der Waals surface area contributed by atoms with E-state index < -0.39 is 0 Å². The van der Waals surface area contributed by atoms with Gasteiger partial charge in [-0.2, -0.15) is 0 Å². The highest BCUT2D eigenvalue weighted by molar-refractivity contribution is 8.01. The number of nitrogens with zero attached hydrogens (tertiary/aromatic N) is 2. The van der Waals surface area contributed by atoms with E-state index in [0.717, 1.165) is 15.7 Å². The highest BCUT2D eigenvalue weighted by Crippen LogP contribution is 2.25. The first kappa shape index (κ1) is 18.7. The quantitative estimate of drug-likeness (QED) is 0.435. The zero-order valence-electron chi connectivity index (χ0n) is 13.9. The van der Waals surface area contributed by atoms with E-state index in [1.807, 2.05) is 31.2 Å². The Bertz CT molecular complexity index is 884. The van der Waals surface area contributed by atoms with Gasteiger partial charge in [-0.25, -0.2) is 0 Å². The van der Waals surface area contributed by atoms with Crippen molar-refractivity contribution in [2.75, 3.05) is 11.1 Å². The van der Waals surface area contributed by atoms with Crippen LogP contribution in [0, 0.1) is 0 Å². The first-order valence-electron chi connectivity index (χ1n) is 7.89. The summed E-state index contributed by atoms with van der Waals surface area (Å²) in [6.07, 6.45) is 0. The molecule has 0 saturated carbocycles. The van der Waals surface area contributed by atoms with Crippen molar-refractivity contribution in [2.45, 2.75) is 17.9 Å². The molecule has 2 aromatic carbocycles. The van der Waals surface area contributed by atoms with Gasteiger partial charge in [0.15, 0.2) is 4.34 Å². The Morgan fingerprint density at radius 1 is 1.19 bits per heavy atom. The third-order valence-corrected chi connectivity index (χ3v) is 5.59. The average Bonchev–Trinajstić information content (AvgIpc) is 3.09. The minimum absolute atomic E-state index is 0.230. The van der Waals surface area contributed by atoms with E-state index in [2.05, 4.69) is 15.5 Å². The second-order valence-electron chi connectivity index (χ2n) is 5.16. The van der Waals surface area contributed by atoms with Crippen LogP contribution in [-0.2, 0) is 6.61 Å². The molecule has 3 rings (SSSR count). The van der Waals surface area contributed by atoms with Crippen molar-refractivity contribution >= 4 is 45.7 Å². The summed E-state index contributed by atoms with van der Waals surface area (Å²) in [6, 6.07) is 14.5. The average molecular weight is 406 g/mol. The van der Waals surface area contributed by atoms with Crippen molar-refractivity contribution < 1.29 is 9.53 Å². The fourth-order valence-electron chi connectivity index (χ4n) is 2.09. The third-order valence-electron chi connectivity index (χ3n) is 3.36. The maximum Gasteiger partial charge on any atom is 0.257 e. The number of hydrogen-bond donors (Lipinski definition) is 1. The summed E-state index contributed by atoms with van der Waals surface area (Å²) >= 11 is 9.07. The molecule has 0 aliphatic carbocycles. The number of amides is 1. The highest BCUT2D eigenvalue weighted by Gasteiger charge is 2.10. The topological polar surface area (TPSA) is 64.1 Å². The van der Waals surface area contributed by atoms with E-state index in [0.29, 0.717) is 28.1 Å². The van der Waals surface area contributed by atoms with Gasteiger partial charge in [-0.15, -0.1) is 10.2 Å². The smallest absolute Gasteiger partial charge is 0.257 e. The third kappa shape index (κ3) is 4.97. The number of hydrogen-bond acceptors (Lipinski definition) is 6. The minimum atomic E-state index is -0.230. The van der Waals surface area contributed by atoms with Gasteiger partial charge in [0.25, 0.3) is 5.91 Å². The summed E-state index contributed by atoms with van der Waals surface area (Å²) in [4.78, 5) is 12.3. The first-order valence-corrected chi connectivity index (χ1v) is 10.1. The van der Waals surface area contributed by atoms with Crippen LogP contribution in [0.2, 0.25) is 5.02 Å². The minimum Gasteiger partial charge on any atom is -0.489 e. The molecule has 1 heterocycles. The molecule has 0 atom stereocenters. The molecule has 1 N–H and O–H groups in total. The number of carbonyl (C=O) groups excluding carboxylic acids is 1. The Labute approximate surface area is 164 Å². The van der Waals surface area contributed by atoms with Crippen LogP contribution >= 0.6 is 34.7 Å². The molecular formula is C18H16ClN3O2S2. The normalized spacial score (nSPS) is 10.5. The zero-order valence-corrected chi connectivity index (χ0v) is 16.3. The molecule has 0 aliphatic rings. The summed E-state index contributed by atoms with van der Waals surface area (Å²) in [5, 5.41) is 11.9. The van der Waals surface area contributed by atoms with Crippen molar-refractivity contribution in [3.8, 4) is 5.75 Å². The molecule has 3 aromatic rings. The van der Waals surface area contributed by atoms with Gasteiger partial charge in [0.2, 0.25) is 5.13 Å². The lowest BCUT2D eigenvalue weighted by atomic mass is 10.2. The standard InChI is InChI=1S/C18H16ClN3O2S2/c1-2-25-18-22-21-17(26-18)20-16(23)12-7-9-14(10-8-12)24-11-13-5-3-4-6-15(13)19/h3-10H,2,11H2,1H3,(H,20,21,23). The fourth-order valence-corrected chi connectivity index (χ4v) is 3.92. The molecule has 0 radical (unpaired) electrons. The van der Waals surface area contributed by atoms with Crippen molar-refractivity contribution in [3.63, 3.8) is 0 Å². The van der Waals surface area contributed by atoms with Crippen molar-refractivity contribution in [1.82, 2.24) is 10.2 Å². The summed E-state index contributed by atoms with van der Waals surface area (Å²) in [5.74, 6) is 1.35. The van der Waals surface area contributed by atoms with Gasteiger partial charge in [-0.05, 0) is 36.1 Å². The number of aromatic nitrogens is 2. The predicted octanol–water partition coefficient (Wildman–Crippen LogP) is 5.13. The van der Waals surface area contributed by atoms with Gasteiger partial charge in [0.05, 0.1) is 0 Å². The fraction of sp³-hybridized carbons (Fsp3) is 0.167. The van der Waals surface area contributed by atoms with Crippen molar-refractivity contribution in [3.05, 3.63) is 64.7 Å². The second-order valence-corrected chi connectivity index (χ2v) is 8.06. The molecule has 26 heavy (non-hydrogen) atoms. The zero-order chi connectivity index (χ0) is 18.4. The molecule has 8 heteroatoms. The summed E-state index contributed by atoms with van der Waals surface area (Å²) in [6.45, 7) is 2.41. The lowest BCUT2D eigenvalue weighted by Crippen LogP contribution is -2.11. The van der Waals surface area contributed by atoms with Crippen LogP contribution in [-0.4, -0.2) is 21.9 Å². The van der Waals surface area contributed by atoms with Crippen LogP contribution < -0.4 is 10.1 Å². The molecule has 0 fully saturated rings. The Hall–Kier alpha value is -2.09. The van der Waals surface area contributed by atoms with Crippen molar-refractivity contribution in [2.24, 2.45) is 0 Å². The molecule has 0 spiro atoms. The van der Waals surface area contributed by atoms with Gasteiger partial charge in [-0.3, -0.25) is 10.1 Å². The SMILES string of the molecule is CCSc1nnc(NC(=O)c2ccc(OCc3ccccc3Cl)cc2)s1. The van der Waals surface area contributed by atoms with E-state index in [4.69, 9.17) is 16.3 Å². The van der Waals surface area contributed by atoms with Crippen LogP contribution in [0.15, 0.2) is 52.9 Å². The number of benzene rings is 2. The summed E-state index contributed by atoms with van der Waals surface area (Å²) in [5.41, 5.74) is 1.43. The maximum atomic E-state index is 12.3. The first-order chi connectivity index (χ1) is 12.7. The Morgan fingerprint density at radius 3 is 2.69 bits per heavy atom. The number of anilines is 1. The molecule has 134 valence electrons. The highest BCUT2D eigenvalue weighted by atomic mass is 35.5. The molecule has 0 saturated heterocycles. The van der Waals surface area contributed by atoms with Crippen LogP contribution in [0.25, 0.3) is 0 Å². The van der Waals surface area contributed by atoms with Crippen LogP contribution in [0.3, 0.4) is 0 Å². The number of ether oxygens (including phenoxy) is 1. The lowest BCUT2D eigenvalue weighted by Gasteiger charge is -2.08. The van der Waals surface area contributed by atoms with Crippen LogP contribution in [0.5, 0.6) is 5.75 Å². The van der Waals surface area contributed by atoms with Crippen molar-refractivity contribution in [1.29, 1.82) is 0 Å². The number of halogens is 1. The molecule has 1 amide bonds. The van der Waals surface area contributed by atoms with Gasteiger partial charge < -0.3 is 4.74 Å². The second kappa shape index (κ2) is 9.02. The Morgan fingerprint density at radius 2 is 1.96 bits per heavy atom. The predicted molar refractivity (Wildman–Crippen MR) is 106 cm³/mol. The van der Waals surface area contributed by atoms with Crippen LogP contribution in [0.1, 0.15) is 22.8 Å². The largest absolute Gasteiger partial charge is 0.489 e. The molecule has 5 nitrogen and oxygen atoms in total. The van der Waals surface area contributed by atoms with E-state index >= 15 is 0 Å². The number of rotatable bonds is 7. The number of nitrogens with one attached hydrogen (secondary N) is 1. The van der Waals surface area contributed by atoms with E-state index in [-0.39, 0.29) is 5.91 Å². The van der Waals surface area contributed by atoms with Gasteiger partial charge in [-0.1, -0.05) is 59.8 Å². The molecular weight excluding hydrogens is 390 g/mol. The van der Waals surface area contributed by atoms with Gasteiger partial charge >= 0.3 is 0 Å². The van der Waals surface area contributed by atoms with Gasteiger partial charge in [0.1, 0.15) is 12.4 Å². The maximum absolute atomic E-state index is 12.3. The monoisotopic (exact) mass is 405 g/mol. The summed E-state index contributed by atoms with van der Waals surface area (Å²) in [7, 11) is 0.